The second-order valence-corrected chi connectivity index (χ2v) is 2.91. The minimum absolute atomic E-state index is 0.102. The molecule has 5 heteroatoms. The fourth-order valence-corrected chi connectivity index (χ4v) is 1.25. The summed E-state index contributed by atoms with van der Waals surface area (Å²) in [6.45, 7) is 0. The molecule has 1 rings (SSSR count). The van der Waals surface area contributed by atoms with Gasteiger partial charge in [-0.25, -0.2) is 0 Å². The second-order valence-electron chi connectivity index (χ2n) is 1.77. The van der Waals surface area contributed by atoms with E-state index in [-0.39, 0.29) is 6.42 Å². The molecule has 2 unspecified atom stereocenters. The van der Waals surface area contributed by atoms with Gasteiger partial charge in [0.25, 0.3) is 0 Å². The van der Waals surface area contributed by atoms with E-state index in [1.807, 2.05) is 0 Å². The van der Waals surface area contributed by atoms with E-state index < -0.39 is 26.0 Å². The molecule has 0 aromatic carbocycles. The lowest BCUT2D eigenvalue weighted by Gasteiger charge is -1.94. The van der Waals surface area contributed by atoms with E-state index in [0.29, 0.717) is 0 Å². The van der Waals surface area contributed by atoms with Crippen LogP contribution in [0.2, 0.25) is 0 Å². The van der Waals surface area contributed by atoms with Gasteiger partial charge in [-0.1, -0.05) is 0 Å². The Bertz CT molecular complexity index is 183. The normalized spacial score (nSPS) is 31.6. The van der Waals surface area contributed by atoms with Gasteiger partial charge < -0.3 is 4.74 Å². The molecule has 0 bridgehead atoms. The van der Waals surface area contributed by atoms with Crippen molar-refractivity contribution >= 4 is 27.9 Å². The second kappa shape index (κ2) is 2.48. The Kier molecular flexibility index (Phi) is 1.50. The predicted molar refractivity (Wildman–Crippen MR) is 36.4 cm³/mol. The summed E-state index contributed by atoms with van der Waals surface area (Å²) < 4.78 is 11.5. The van der Waals surface area contributed by atoms with Crippen molar-refractivity contribution in [3.8, 4) is 0 Å². The third-order valence-electron chi connectivity index (χ3n) is 1.16. The van der Waals surface area contributed by atoms with Crippen molar-refractivity contribution in [3.05, 3.63) is 0 Å². The van der Waals surface area contributed by atoms with E-state index in [1.165, 1.54) is 0 Å². The molecule has 1 heterocycles. The largest absolute Gasteiger partial charge is 0.393 e. The highest BCUT2D eigenvalue weighted by atomic mass is 31.1. The maximum atomic E-state index is 10.7. The summed E-state index contributed by atoms with van der Waals surface area (Å²) in [7, 11) is 0.526. The van der Waals surface area contributed by atoms with Gasteiger partial charge in [0.1, 0.15) is 7.57 Å². The fourth-order valence-electron chi connectivity index (χ4n) is 0.660. The lowest BCUT2D eigenvalue weighted by atomic mass is 10.3. The van der Waals surface area contributed by atoms with Crippen LogP contribution >= 0.6 is 8.40 Å². The molecule has 0 aromatic rings. The van der Waals surface area contributed by atoms with Crippen molar-refractivity contribution in [3.63, 3.8) is 0 Å². The third kappa shape index (κ3) is 1.30. The lowest BCUT2D eigenvalue weighted by Crippen LogP contribution is -2.06. The zero-order chi connectivity index (χ0) is 7.72. The molecule has 0 radical (unpaired) electrons. The quantitative estimate of drug-likeness (QED) is 0.207. The van der Waals surface area contributed by atoms with E-state index in [9.17, 15) is 9.59 Å². The standard InChI is InChI=1S/C4H6BO3P/c5-9-2-1-3(6)8-4(2)7/h2,9H,1,5H2/i9D. The molecule has 0 saturated carbocycles. The number of rotatable bonds is 1. The molecule has 1 fully saturated rings. The summed E-state index contributed by atoms with van der Waals surface area (Å²) in [6, 6.07) is 0. The maximum absolute atomic E-state index is 10.7. The zero-order valence-electron chi connectivity index (χ0n) is 5.96. The molecule has 3 nitrogen and oxygen atoms in total. The van der Waals surface area contributed by atoms with Crippen molar-refractivity contribution in [2.45, 2.75) is 12.1 Å². The molecule has 1 aliphatic rings. The number of cyclic esters (lactones) is 2. The Morgan fingerprint density at radius 2 is 2.56 bits per heavy atom. The van der Waals surface area contributed by atoms with Crippen LogP contribution < -0.4 is 0 Å². The summed E-state index contributed by atoms with van der Waals surface area (Å²) in [5.41, 5.74) is -0.470. The van der Waals surface area contributed by atoms with Crippen LogP contribution in [0.5, 0.6) is 0 Å². The van der Waals surface area contributed by atoms with Crippen molar-refractivity contribution in [1.82, 2.24) is 0 Å². The number of hydrogen-bond donors (Lipinski definition) is 0. The first kappa shape index (κ1) is 5.42. The van der Waals surface area contributed by atoms with Gasteiger partial charge in [0, 0.05) is 1.28 Å². The van der Waals surface area contributed by atoms with Crippen molar-refractivity contribution in [1.29, 1.82) is 1.28 Å². The summed E-state index contributed by atoms with van der Waals surface area (Å²) in [6.07, 6.45) is 0.102. The summed E-state index contributed by atoms with van der Waals surface area (Å²) >= 11 is 0. The van der Waals surface area contributed by atoms with Crippen LogP contribution in [0.1, 0.15) is 6.42 Å². The molecule has 0 aliphatic carbocycles. The average molecular weight is 145 g/mol. The van der Waals surface area contributed by atoms with Crippen LogP contribution in [0.3, 0.4) is 0 Å². The molecule has 0 N–H and O–H groups in total. The first-order valence-electron chi connectivity index (χ1n) is 3.02. The molecule has 48 valence electrons. The smallest absolute Gasteiger partial charge is 0.320 e. The van der Waals surface area contributed by atoms with Crippen molar-refractivity contribution in [2.75, 3.05) is 0 Å². The van der Waals surface area contributed by atoms with Gasteiger partial charge in [0.05, 0.1) is 12.1 Å². The first-order valence-corrected chi connectivity index (χ1v) is 3.98. The summed E-state index contributed by atoms with van der Waals surface area (Å²) in [5.74, 6) is -1.01. The van der Waals surface area contributed by atoms with E-state index in [4.69, 9.17) is 1.28 Å². The van der Waals surface area contributed by atoms with Crippen LogP contribution in [0.4, 0.5) is 0 Å². The van der Waals surface area contributed by atoms with Crippen LogP contribution in [0.25, 0.3) is 0 Å². The number of hydrogen-bond acceptors (Lipinski definition) is 3. The highest BCUT2D eigenvalue weighted by Gasteiger charge is 2.31. The van der Waals surface area contributed by atoms with Gasteiger partial charge in [-0.2, -0.15) is 0 Å². The number of esters is 2. The van der Waals surface area contributed by atoms with Gasteiger partial charge >= 0.3 is 11.9 Å². The van der Waals surface area contributed by atoms with Gasteiger partial charge in [0.15, 0.2) is 0 Å². The predicted octanol–water partition coefficient (Wildman–Crippen LogP) is -0.945. The molecule has 9 heavy (non-hydrogen) atoms. The minimum Gasteiger partial charge on any atom is -0.393 e. The Balaban J connectivity index is 2.63. The lowest BCUT2D eigenvalue weighted by molar-refractivity contribution is -0.151. The topological polar surface area (TPSA) is 43.4 Å². The maximum Gasteiger partial charge on any atom is 0.320 e. The van der Waals surface area contributed by atoms with Crippen LogP contribution in [-0.2, 0) is 14.3 Å². The van der Waals surface area contributed by atoms with Gasteiger partial charge in [-0.15, -0.1) is 8.40 Å². The molecule has 1 saturated heterocycles. The monoisotopic (exact) mass is 145 g/mol. The summed E-state index contributed by atoms with van der Waals surface area (Å²) in [4.78, 5) is 21.1. The Labute approximate surface area is 56.6 Å². The van der Waals surface area contributed by atoms with Gasteiger partial charge in [-0.3, -0.25) is 9.59 Å². The number of ether oxygens (including phenoxy) is 1. The van der Waals surface area contributed by atoms with Gasteiger partial charge in [-0.05, 0) is 0 Å². The molecular weight excluding hydrogens is 138 g/mol. The Morgan fingerprint density at radius 1 is 1.89 bits per heavy atom. The van der Waals surface area contributed by atoms with Crippen LogP contribution in [-0.4, -0.2) is 26.4 Å². The number of carbonyl (C=O) groups is 2. The van der Waals surface area contributed by atoms with E-state index in [2.05, 4.69) is 4.74 Å². The van der Waals surface area contributed by atoms with Crippen molar-refractivity contribution < 1.29 is 14.3 Å². The van der Waals surface area contributed by atoms with Crippen LogP contribution in [0.15, 0.2) is 0 Å². The zero-order valence-corrected chi connectivity index (χ0v) is 5.85. The average Bonchev–Trinajstić information content (AvgIpc) is 2.10. The van der Waals surface area contributed by atoms with E-state index in [1.54, 1.807) is 7.57 Å². The minimum atomic E-state index is -1.11. The Morgan fingerprint density at radius 3 is 2.78 bits per heavy atom. The first-order chi connectivity index (χ1) is 4.61. The molecule has 0 aromatic heterocycles. The highest BCUT2D eigenvalue weighted by Crippen LogP contribution is 2.23. The number of carbonyl (C=O) groups excluding carboxylic acids is 2. The third-order valence-corrected chi connectivity index (χ3v) is 2.17. The molecule has 0 amide bonds. The highest BCUT2D eigenvalue weighted by molar-refractivity contribution is 7.67. The molecule has 1 aliphatic heterocycles. The summed E-state index contributed by atoms with van der Waals surface area (Å²) in [5, 5.41) is 0. The molecule has 2 atom stereocenters. The van der Waals surface area contributed by atoms with Gasteiger partial charge in [0.2, 0.25) is 0 Å². The molecule has 0 spiro atoms. The fraction of sp³-hybridized carbons (Fsp3) is 0.500. The van der Waals surface area contributed by atoms with Crippen LogP contribution in [0, 0.1) is 0 Å². The van der Waals surface area contributed by atoms with E-state index in [0.717, 1.165) is 0 Å². The SMILES string of the molecule is [2H]P(B)C1CC(=O)OC1=O. The molecular formula is C4H6BO3P. The van der Waals surface area contributed by atoms with E-state index >= 15 is 0 Å². The Hall–Kier alpha value is -0.365. The van der Waals surface area contributed by atoms with Crippen molar-refractivity contribution in [2.24, 2.45) is 0 Å².